The molecule has 0 saturated heterocycles. The van der Waals surface area contributed by atoms with Crippen LogP contribution in [0.15, 0.2) is 53.4 Å². The van der Waals surface area contributed by atoms with Crippen LogP contribution in [0.3, 0.4) is 0 Å². The third kappa shape index (κ3) is 8.40. The summed E-state index contributed by atoms with van der Waals surface area (Å²) in [6, 6.07) is 8.92. The van der Waals surface area contributed by atoms with Crippen LogP contribution < -0.4 is 9.46 Å². The molecule has 6 nitrogen and oxygen atoms in total. The largest absolute Gasteiger partial charge is 0.492 e. The van der Waals surface area contributed by atoms with Crippen molar-refractivity contribution >= 4 is 39.3 Å². The first-order chi connectivity index (χ1) is 15.4. The highest BCUT2D eigenvalue weighted by Gasteiger charge is 2.33. The minimum atomic E-state index is -4.69. The smallest absolute Gasteiger partial charge is 0.416 e. The number of benzene rings is 2. The Labute approximate surface area is 200 Å². The topological polar surface area (TPSA) is 75.7 Å². The number of hydrogen-bond donors (Lipinski definition) is 1. The van der Waals surface area contributed by atoms with E-state index >= 15 is 0 Å². The number of amides is 1. The molecule has 0 heterocycles. The van der Waals surface area contributed by atoms with Crippen LogP contribution in [0, 0.1) is 0 Å². The molecule has 0 aliphatic rings. The first-order valence-corrected chi connectivity index (χ1v) is 13.0. The van der Waals surface area contributed by atoms with Crippen molar-refractivity contribution in [2.45, 2.75) is 23.5 Å². The van der Waals surface area contributed by atoms with Gasteiger partial charge in [-0.2, -0.15) is 29.7 Å². The Balaban J connectivity index is 2.08. The highest BCUT2D eigenvalue weighted by Crippen LogP contribution is 2.30. The molecule has 1 unspecified atom stereocenters. The molecule has 1 atom stereocenters. The van der Waals surface area contributed by atoms with Gasteiger partial charge in [0, 0.05) is 12.1 Å². The molecule has 2 aromatic carbocycles. The second-order valence-electron chi connectivity index (χ2n) is 7.04. The lowest BCUT2D eigenvalue weighted by Crippen LogP contribution is -2.48. The standard InChI is InChI=1S/C21H24ClF3N2O4S2/c1-27(11-12-31-17-8-6-16(22)7-9-17)20(28)19(10-13-32-2)26-33(29,30)18-5-3-4-15(14-18)21(23,24)25/h3-9,14,19,26H,10-13H2,1-2H3. The first-order valence-electron chi connectivity index (χ1n) is 9.76. The van der Waals surface area contributed by atoms with Crippen LogP contribution in [0.5, 0.6) is 5.75 Å². The van der Waals surface area contributed by atoms with Crippen molar-refractivity contribution in [2.75, 3.05) is 32.2 Å². The quantitative estimate of drug-likeness (QED) is 0.474. The Morgan fingerprint density at radius 3 is 2.48 bits per heavy atom. The van der Waals surface area contributed by atoms with Crippen LogP contribution in [0.4, 0.5) is 13.2 Å². The van der Waals surface area contributed by atoms with Gasteiger partial charge in [0.15, 0.2) is 0 Å². The lowest BCUT2D eigenvalue weighted by atomic mass is 10.2. The normalized spacial score (nSPS) is 12.9. The summed E-state index contributed by atoms with van der Waals surface area (Å²) in [4.78, 5) is 13.7. The van der Waals surface area contributed by atoms with E-state index in [0.717, 1.165) is 18.2 Å². The van der Waals surface area contributed by atoms with Gasteiger partial charge in [0.25, 0.3) is 0 Å². The summed E-state index contributed by atoms with van der Waals surface area (Å²) < 4.78 is 72.3. The summed E-state index contributed by atoms with van der Waals surface area (Å²) in [5.74, 6) is 0.514. The summed E-state index contributed by atoms with van der Waals surface area (Å²) in [7, 11) is -2.87. The summed E-state index contributed by atoms with van der Waals surface area (Å²) in [5, 5.41) is 0.555. The Bertz CT molecular complexity index is 1030. The molecule has 0 bridgehead atoms. The zero-order valence-corrected chi connectivity index (χ0v) is 20.3. The summed E-state index contributed by atoms with van der Waals surface area (Å²) in [5.41, 5.74) is -1.09. The van der Waals surface area contributed by atoms with E-state index < -0.39 is 38.6 Å². The summed E-state index contributed by atoms with van der Waals surface area (Å²) in [6.45, 7) is 0.321. The molecule has 0 aliphatic heterocycles. The first kappa shape index (κ1) is 27.3. The average molecular weight is 525 g/mol. The molecule has 2 rings (SSSR count). The minimum absolute atomic E-state index is 0.152. The molecule has 0 aliphatic carbocycles. The van der Waals surface area contributed by atoms with E-state index in [-0.39, 0.29) is 19.6 Å². The molecule has 1 amide bonds. The predicted octanol–water partition coefficient (Wildman–Crippen LogP) is 4.30. The van der Waals surface area contributed by atoms with Crippen molar-refractivity contribution in [2.24, 2.45) is 0 Å². The number of halogens is 4. The fourth-order valence-corrected chi connectivity index (χ4v) is 4.64. The van der Waals surface area contributed by atoms with Gasteiger partial charge in [-0.1, -0.05) is 17.7 Å². The Morgan fingerprint density at radius 1 is 1.21 bits per heavy atom. The van der Waals surface area contributed by atoms with Crippen LogP contribution in [0.25, 0.3) is 0 Å². The molecule has 33 heavy (non-hydrogen) atoms. The second kappa shape index (κ2) is 12.0. The van der Waals surface area contributed by atoms with E-state index in [9.17, 15) is 26.4 Å². The molecular weight excluding hydrogens is 501 g/mol. The number of hydrogen-bond acceptors (Lipinski definition) is 5. The maximum Gasteiger partial charge on any atom is 0.416 e. The number of ether oxygens (including phenoxy) is 1. The Kier molecular flexibility index (Phi) is 9.89. The summed E-state index contributed by atoms with van der Waals surface area (Å²) in [6.07, 6.45) is -2.73. The van der Waals surface area contributed by atoms with Gasteiger partial charge in [0.2, 0.25) is 15.9 Å². The van der Waals surface area contributed by atoms with Gasteiger partial charge in [-0.25, -0.2) is 8.42 Å². The van der Waals surface area contributed by atoms with Gasteiger partial charge in [0.05, 0.1) is 17.0 Å². The van der Waals surface area contributed by atoms with Crippen molar-refractivity contribution in [3.05, 3.63) is 59.1 Å². The molecule has 0 aromatic heterocycles. The fraction of sp³-hybridized carbons (Fsp3) is 0.381. The highest BCUT2D eigenvalue weighted by molar-refractivity contribution is 7.98. The van der Waals surface area contributed by atoms with E-state index in [2.05, 4.69) is 4.72 Å². The molecular formula is C21H24ClF3N2O4S2. The third-order valence-electron chi connectivity index (χ3n) is 4.56. The van der Waals surface area contributed by atoms with Crippen molar-refractivity contribution < 1.29 is 31.1 Å². The number of likely N-dealkylation sites (N-methyl/N-ethyl adjacent to an activating group) is 1. The molecule has 182 valence electrons. The Morgan fingerprint density at radius 2 is 1.88 bits per heavy atom. The van der Waals surface area contributed by atoms with Crippen molar-refractivity contribution in [1.29, 1.82) is 0 Å². The van der Waals surface area contributed by atoms with Crippen LogP contribution in [-0.4, -0.2) is 57.5 Å². The van der Waals surface area contributed by atoms with Crippen LogP contribution in [-0.2, 0) is 21.0 Å². The lowest BCUT2D eigenvalue weighted by Gasteiger charge is -2.24. The molecule has 2 aromatic rings. The Hall–Kier alpha value is -1.95. The third-order valence-corrected chi connectivity index (χ3v) is 6.93. The van der Waals surface area contributed by atoms with Crippen LogP contribution in [0.2, 0.25) is 5.02 Å². The average Bonchev–Trinajstić information content (AvgIpc) is 2.77. The number of thioether (sulfide) groups is 1. The molecule has 0 spiro atoms. The van der Waals surface area contributed by atoms with Gasteiger partial charge in [-0.15, -0.1) is 0 Å². The van der Waals surface area contributed by atoms with Crippen molar-refractivity contribution in [1.82, 2.24) is 9.62 Å². The minimum Gasteiger partial charge on any atom is -0.492 e. The number of rotatable bonds is 11. The van der Waals surface area contributed by atoms with Crippen LogP contribution in [0.1, 0.15) is 12.0 Å². The van der Waals surface area contributed by atoms with E-state index in [0.29, 0.717) is 22.6 Å². The van der Waals surface area contributed by atoms with E-state index in [1.54, 1.807) is 30.5 Å². The van der Waals surface area contributed by atoms with Crippen LogP contribution >= 0.6 is 23.4 Å². The number of sulfonamides is 1. The highest BCUT2D eigenvalue weighted by atomic mass is 35.5. The number of nitrogens with zero attached hydrogens (tertiary/aromatic N) is 1. The number of alkyl halides is 3. The maximum atomic E-state index is 13.0. The second-order valence-corrected chi connectivity index (χ2v) is 10.2. The zero-order valence-electron chi connectivity index (χ0n) is 17.9. The van der Waals surface area contributed by atoms with Gasteiger partial charge >= 0.3 is 6.18 Å². The predicted molar refractivity (Wildman–Crippen MR) is 123 cm³/mol. The molecule has 1 N–H and O–H groups in total. The van der Waals surface area contributed by atoms with Gasteiger partial charge in [-0.3, -0.25) is 4.79 Å². The van der Waals surface area contributed by atoms with E-state index in [1.165, 1.54) is 23.7 Å². The SMILES string of the molecule is CSCCC(NS(=O)(=O)c1cccc(C(F)(F)F)c1)C(=O)N(C)CCOc1ccc(Cl)cc1. The number of carbonyl (C=O) groups is 1. The maximum absolute atomic E-state index is 13.0. The van der Waals surface area contributed by atoms with Crippen molar-refractivity contribution in [3.63, 3.8) is 0 Å². The number of carbonyl (C=O) groups excluding carboxylic acids is 1. The molecule has 0 fully saturated rings. The summed E-state index contributed by atoms with van der Waals surface area (Å²) >= 11 is 7.23. The van der Waals surface area contributed by atoms with Gasteiger partial charge < -0.3 is 9.64 Å². The van der Waals surface area contributed by atoms with Crippen molar-refractivity contribution in [3.8, 4) is 5.75 Å². The molecule has 12 heteroatoms. The lowest BCUT2D eigenvalue weighted by molar-refractivity contribution is -0.137. The zero-order chi connectivity index (χ0) is 24.6. The van der Waals surface area contributed by atoms with Gasteiger partial charge in [-0.05, 0) is 60.9 Å². The van der Waals surface area contributed by atoms with E-state index in [4.69, 9.17) is 16.3 Å². The molecule has 0 saturated carbocycles. The molecule has 0 radical (unpaired) electrons. The monoisotopic (exact) mass is 524 g/mol. The number of nitrogens with one attached hydrogen (secondary N) is 1. The van der Waals surface area contributed by atoms with E-state index in [1.807, 2.05) is 0 Å². The van der Waals surface area contributed by atoms with Gasteiger partial charge in [0.1, 0.15) is 18.4 Å². The fourth-order valence-electron chi connectivity index (χ4n) is 2.77.